The van der Waals surface area contributed by atoms with Crippen molar-refractivity contribution in [2.45, 2.75) is 57.3 Å². The molecule has 4 rings (SSSR count). The quantitative estimate of drug-likeness (QED) is 0.684. The summed E-state index contributed by atoms with van der Waals surface area (Å²) in [6.07, 6.45) is 0.0831. The molecule has 2 aromatic rings. The van der Waals surface area contributed by atoms with Gasteiger partial charge in [-0.3, -0.25) is 4.79 Å². The number of esters is 1. The molecular formula is C20H23NO6S. The molecule has 150 valence electrons. The van der Waals surface area contributed by atoms with E-state index < -0.39 is 35.9 Å². The molecule has 28 heavy (non-hydrogen) atoms. The van der Waals surface area contributed by atoms with E-state index in [2.05, 4.69) is 4.98 Å². The van der Waals surface area contributed by atoms with E-state index in [9.17, 15) is 4.79 Å². The van der Waals surface area contributed by atoms with Crippen LogP contribution in [0.3, 0.4) is 0 Å². The zero-order chi connectivity index (χ0) is 19.8. The largest absolute Gasteiger partial charge is 0.423 e. The van der Waals surface area contributed by atoms with E-state index in [-0.39, 0.29) is 6.61 Å². The molecule has 0 unspecified atom stereocenters. The third-order valence-electron chi connectivity index (χ3n) is 4.62. The van der Waals surface area contributed by atoms with Crippen LogP contribution in [0.2, 0.25) is 0 Å². The van der Waals surface area contributed by atoms with Crippen LogP contribution in [0.4, 0.5) is 0 Å². The first-order valence-electron chi connectivity index (χ1n) is 9.14. The third-order valence-corrected chi connectivity index (χ3v) is 5.49. The smallest absolute Gasteiger partial charge is 0.305 e. The van der Waals surface area contributed by atoms with Crippen LogP contribution in [0.1, 0.15) is 31.3 Å². The summed E-state index contributed by atoms with van der Waals surface area (Å²) in [6.45, 7) is 5.71. The summed E-state index contributed by atoms with van der Waals surface area (Å²) in [6, 6.07) is 9.88. The molecular weight excluding hydrogens is 382 g/mol. The number of carbonyl (C=O) groups excluding carboxylic acids is 1. The van der Waals surface area contributed by atoms with Gasteiger partial charge >= 0.3 is 5.97 Å². The Morgan fingerprint density at radius 3 is 2.68 bits per heavy atom. The van der Waals surface area contributed by atoms with E-state index in [0.29, 0.717) is 11.6 Å². The zero-order valence-electron chi connectivity index (χ0n) is 16.0. The monoisotopic (exact) mass is 405 g/mol. The molecule has 0 bridgehead atoms. The molecule has 2 aliphatic rings. The molecule has 7 nitrogen and oxygen atoms in total. The van der Waals surface area contributed by atoms with Crippen LogP contribution in [0.5, 0.6) is 0 Å². The number of hydrogen-bond acceptors (Lipinski definition) is 8. The maximum atomic E-state index is 11.9. The van der Waals surface area contributed by atoms with Crippen molar-refractivity contribution < 1.29 is 28.5 Å². The lowest BCUT2D eigenvalue weighted by molar-refractivity contribution is -0.292. The van der Waals surface area contributed by atoms with Gasteiger partial charge in [0.2, 0.25) is 0 Å². The third kappa shape index (κ3) is 3.70. The van der Waals surface area contributed by atoms with Gasteiger partial charge in [0, 0.05) is 18.5 Å². The van der Waals surface area contributed by atoms with Crippen molar-refractivity contribution in [3.8, 4) is 0 Å². The Morgan fingerprint density at radius 2 is 2.00 bits per heavy atom. The lowest BCUT2D eigenvalue weighted by Gasteiger charge is -2.32. The van der Waals surface area contributed by atoms with Gasteiger partial charge in [-0.05, 0) is 19.4 Å². The Hall–Kier alpha value is -1.84. The minimum absolute atomic E-state index is 0.268. The molecule has 4 atom stereocenters. The summed E-state index contributed by atoms with van der Waals surface area (Å²) in [7, 11) is 0. The Morgan fingerprint density at radius 1 is 1.21 bits per heavy atom. The number of aromatic nitrogens is 1. The van der Waals surface area contributed by atoms with Gasteiger partial charge in [0.15, 0.2) is 16.9 Å². The molecule has 2 fully saturated rings. The highest BCUT2D eigenvalue weighted by atomic mass is 32.1. The molecule has 0 spiro atoms. The van der Waals surface area contributed by atoms with Crippen LogP contribution in [-0.4, -0.2) is 41.7 Å². The highest BCUT2D eigenvalue weighted by Gasteiger charge is 2.67. The van der Waals surface area contributed by atoms with Crippen molar-refractivity contribution in [3.63, 3.8) is 0 Å². The summed E-state index contributed by atoms with van der Waals surface area (Å²) in [4.78, 5) is 16.2. The lowest BCUT2D eigenvalue weighted by atomic mass is 10.1. The molecule has 8 heteroatoms. The van der Waals surface area contributed by atoms with Crippen molar-refractivity contribution in [3.05, 3.63) is 52.5 Å². The molecule has 1 aromatic carbocycles. The minimum atomic E-state index is -1.45. The van der Waals surface area contributed by atoms with Crippen molar-refractivity contribution >= 4 is 17.3 Å². The van der Waals surface area contributed by atoms with E-state index in [1.807, 2.05) is 44.2 Å². The van der Waals surface area contributed by atoms with Crippen molar-refractivity contribution in [1.29, 1.82) is 0 Å². The van der Waals surface area contributed by atoms with Crippen LogP contribution in [0.15, 0.2) is 41.9 Å². The summed E-state index contributed by atoms with van der Waals surface area (Å²) < 4.78 is 30.0. The Bertz CT molecular complexity index is 811. The van der Waals surface area contributed by atoms with Crippen LogP contribution in [0.25, 0.3) is 0 Å². The van der Waals surface area contributed by atoms with Gasteiger partial charge < -0.3 is 23.7 Å². The van der Waals surface area contributed by atoms with Gasteiger partial charge in [-0.2, -0.15) is 0 Å². The topological polar surface area (TPSA) is 76.1 Å². The van der Waals surface area contributed by atoms with Crippen LogP contribution in [0, 0.1) is 0 Å². The van der Waals surface area contributed by atoms with E-state index in [1.165, 1.54) is 18.3 Å². The van der Waals surface area contributed by atoms with E-state index in [1.54, 1.807) is 11.6 Å². The van der Waals surface area contributed by atoms with E-state index in [0.717, 1.165) is 5.56 Å². The number of fused-ring (bicyclic) bond motifs is 1. The van der Waals surface area contributed by atoms with Gasteiger partial charge in [-0.25, -0.2) is 4.98 Å². The second kappa shape index (κ2) is 7.53. The van der Waals surface area contributed by atoms with Crippen molar-refractivity contribution in [1.82, 2.24) is 4.98 Å². The number of ether oxygens (including phenoxy) is 5. The van der Waals surface area contributed by atoms with Crippen molar-refractivity contribution in [2.75, 3.05) is 6.61 Å². The molecule has 3 heterocycles. The summed E-state index contributed by atoms with van der Waals surface area (Å²) in [5, 5.41) is 2.32. The Kier molecular flexibility index (Phi) is 5.24. The molecule has 0 aliphatic carbocycles. The predicted octanol–water partition coefficient (Wildman–Crippen LogP) is 2.99. The van der Waals surface area contributed by atoms with Crippen molar-refractivity contribution in [2.24, 2.45) is 0 Å². The number of nitrogens with zero attached hydrogens (tertiary/aromatic N) is 1. The van der Waals surface area contributed by atoms with Gasteiger partial charge in [0.25, 0.3) is 5.79 Å². The highest BCUT2D eigenvalue weighted by Crippen LogP contribution is 2.50. The zero-order valence-corrected chi connectivity index (χ0v) is 16.8. The maximum absolute atomic E-state index is 11.9. The standard InChI is InChI=1S/C20H23NO6S/c1-13(22)24-20(18-21-9-10-28-18)17-16(26-19(2,3)27-17)15(25-20)12-23-11-14-7-5-4-6-8-14/h4-10,15-17H,11-12H2,1-3H3/t15-,16-,17-,20+/m1/s1. The molecule has 0 saturated carbocycles. The Labute approximate surface area is 167 Å². The second-order valence-corrected chi connectivity index (χ2v) is 8.17. The molecule has 0 amide bonds. The number of thiazole rings is 1. The maximum Gasteiger partial charge on any atom is 0.305 e. The van der Waals surface area contributed by atoms with E-state index >= 15 is 0 Å². The van der Waals surface area contributed by atoms with Gasteiger partial charge in [-0.1, -0.05) is 30.3 Å². The molecule has 2 saturated heterocycles. The number of hydrogen-bond donors (Lipinski definition) is 0. The second-order valence-electron chi connectivity index (χ2n) is 7.28. The summed E-state index contributed by atoms with van der Waals surface area (Å²) >= 11 is 1.34. The van der Waals surface area contributed by atoms with Crippen LogP contribution in [-0.2, 0) is 40.9 Å². The predicted molar refractivity (Wildman–Crippen MR) is 100 cm³/mol. The number of rotatable bonds is 6. The molecule has 2 aliphatic heterocycles. The summed E-state index contributed by atoms with van der Waals surface area (Å²) in [5.41, 5.74) is 1.06. The molecule has 0 N–H and O–H groups in total. The number of benzene rings is 1. The SMILES string of the molecule is CC(=O)O[C@]1(c2nccs2)O[C@H](COCc2ccccc2)[C@H]2OC(C)(C)O[C@H]21. The fourth-order valence-electron chi connectivity index (χ4n) is 3.62. The van der Waals surface area contributed by atoms with Crippen LogP contribution < -0.4 is 0 Å². The lowest BCUT2D eigenvalue weighted by Crippen LogP contribution is -2.44. The molecule has 0 radical (unpaired) electrons. The van der Waals surface area contributed by atoms with Gasteiger partial charge in [0.05, 0.1) is 13.2 Å². The highest BCUT2D eigenvalue weighted by molar-refractivity contribution is 7.09. The first-order chi connectivity index (χ1) is 13.4. The average molecular weight is 405 g/mol. The number of carbonyl (C=O) groups is 1. The van der Waals surface area contributed by atoms with Gasteiger partial charge in [-0.15, -0.1) is 11.3 Å². The average Bonchev–Trinajstić information content (AvgIpc) is 3.33. The van der Waals surface area contributed by atoms with E-state index in [4.69, 9.17) is 23.7 Å². The van der Waals surface area contributed by atoms with Crippen LogP contribution >= 0.6 is 11.3 Å². The normalized spacial score (nSPS) is 30.9. The first kappa shape index (κ1) is 19.5. The fourth-order valence-corrected chi connectivity index (χ4v) is 4.36. The first-order valence-corrected chi connectivity index (χ1v) is 10.0. The van der Waals surface area contributed by atoms with Gasteiger partial charge in [0.1, 0.15) is 12.2 Å². The summed E-state index contributed by atoms with van der Waals surface area (Å²) in [5.74, 6) is -2.76. The molecule has 1 aromatic heterocycles. The fraction of sp³-hybridized carbons (Fsp3) is 0.500. The minimum Gasteiger partial charge on any atom is -0.423 e. The Balaban J connectivity index is 1.57.